The number of carbonyl (C=O) groups is 1. The van der Waals surface area contributed by atoms with E-state index in [0.29, 0.717) is 25.1 Å². The van der Waals surface area contributed by atoms with Crippen LogP contribution in [0, 0.1) is 0 Å². The van der Waals surface area contributed by atoms with Gasteiger partial charge in [0.25, 0.3) is 5.91 Å². The normalized spacial score (nSPS) is 21.4. The smallest absolute Gasteiger partial charge is 0.252 e. The molecule has 1 fully saturated rings. The summed E-state index contributed by atoms with van der Waals surface area (Å²) in [6.07, 6.45) is 1.20. The SMILES string of the molecule is CCn1c(CCNC(=O)C2(O)CCSC2)nc2ccccc21. The number of aryl methyl sites for hydroxylation is 1. The maximum atomic E-state index is 12.1. The lowest BCUT2D eigenvalue weighted by Gasteiger charge is -2.20. The van der Waals surface area contributed by atoms with Crippen LogP contribution in [0.3, 0.4) is 0 Å². The lowest BCUT2D eigenvalue weighted by atomic mass is 10.0. The minimum Gasteiger partial charge on any atom is -0.379 e. The number of aliphatic hydroxyl groups is 1. The molecule has 0 saturated carbocycles. The Morgan fingerprint density at radius 3 is 3.05 bits per heavy atom. The van der Waals surface area contributed by atoms with Crippen LogP contribution in [-0.4, -0.2) is 44.2 Å². The molecule has 1 aliphatic heterocycles. The standard InChI is InChI=1S/C16H21N3O2S/c1-2-19-13-6-4-3-5-12(13)18-14(19)7-9-17-15(20)16(21)8-10-22-11-16/h3-6,21H,2,7-11H2,1H3,(H,17,20). The molecule has 3 rings (SSSR count). The number of aromatic nitrogens is 2. The Balaban J connectivity index is 1.65. The molecule has 1 atom stereocenters. The van der Waals surface area contributed by atoms with Crippen LogP contribution in [-0.2, 0) is 17.8 Å². The van der Waals surface area contributed by atoms with Crippen molar-refractivity contribution in [1.82, 2.24) is 14.9 Å². The second kappa shape index (κ2) is 6.30. The summed E-state index contributed by atoms with van der Waals surface area (Å²) in [5, 5.41) is 13.1. The van der Waals surface area contributed by atoms with Gasteiger partial charge in [-0.15, -0.1) is 0 Å². The van der Waals surface area contributed by atoms with E-state index in [1.54, 1.807) is 11.8 Å². The average Bonchev–Trinajstić information content (AvgIpc) is 3.11. The molecule has 0 spiro atoms. The molecule has 6 heteroatoms. The van der Waals surface area contributed by atoms with Crippen molar-refractivity contribution in [1.29, 1.82) is 0 Å². The molecule has 2 aromatic rings. The van der Waals surface area contributed by atoms with Crippen molar-refractivity contribution in [3.8, 4) is 0 Å². The van der Waals surface area contributed by atoms with Crippen molar-refractivity contribution in [2.75, 3.05) is 18.1 Å². The molecule has 1 aromatic carbocycles. The molecule has 5 nitrogen and oxygen atoms in total. The minimum atomic E-state index is -1.18. The summed E-state index contributed by atoms with van der Waals surface area (Å²) in [4.78, 5) is 16.7. The Morgan fingerprint density at radius 2 is 2.32 bits per heavy atom. The Labute approximate surface area is 134 Å². The van der Waals surface area contributed by atoms with Gasteiger partial charge >= 0.3 is 0 Å². The van der Waals surface area contributed by atoms with Gasteiger partial charge in [-0.25, -0.2) is 4.98 Å². The number of nitrogens with one attached hydrogen (secondary N) is 1. The van der Waals surface area contributed by atoms with E-state index in [-0.39, 0.29) is 5.91 Å². The van der Waals surface area contributed by atoms with E-state index in [9.17, 15) is 9.90 Å². The lowest BCUT2D eigenvalue weighted by molar-refractivity contribution is -0.137. The third-order valence-electron chi connectivity index (χ3n) is 4.11. The number of hydrogen-bond donors (Lipinski definition) is 2. The van der Waals surface area contributed by atoms with Crippen LogP contribution < -0.4 is 5.32 Å². The first-order chi connectivity index (χ1) is 10.6. The van der Waals surface area contributed by atoms with Gasteiger partial charge in [-0.3, -0.25) is 4.79 Å². The number of benzene rings is 1. The zero-order valence-corrected chi connectivity index (χ0v) is 13.5. The van der Waals surface area contributed by atoms with Crippen LogP contribution in [0.25, 0.3) is 11.0 Å². The maximum absolute atomic E-state index is 12.1. The Kier molecular flexibility index (Phi) is 4.40. The molecule has 1 saturated heterocycles. The number of imidazole rings is 1. The van der Waals surface area contributed by atoms with Crippen LogP contribution in [0.2, 0.25) is 0 Å². The molecule has 118 valence electrons. The maximum Gasteiger partial charge on any atom is 0.252 e. The average molecular weight is 319 g/mol. The highest BCUT2D eigenvalue weighted by Crippen LogP contribution is 2.27. The molecule has 2 N–H and O–H groups in total. The summed E-state index contributed by atoms with van der Waals surface area (Å²) >= 11 is 1.62. The second-order valence-electron chi connectivity index (χ2n) is 5.60. The highest BCUT2D eigenvalue weighted by Gasteiger charge is 2.39. The summed E-state index contributed by atoms with van der Waals surface area (Å²) in [6, 6.07) is 8.05. The summed E-state index contributed by atoms with van der Waals surface area (Å²) < 4.78 is 2.17. The zero-order chi connectivity index (χ0) is 15.6. The van der Waals surface area contributed by atoms with Crippen molar-refractivity contribution in [3.05, 3.63) is 30.1 Å². The number of rotatable bonds is 5. The zero-order valence-electron chi connectivity index (χ0n) is 12.7. The van der Waals surface area contributed by atoms with Crippen LogP contribution >= 0.6 is 11.8 Å². The summed E-state index contributed by atoms with van der Waals surface area (Å²) in [7, 11) is 0. The topological polar surface area (TPSA) is 67.2 Å². The first-order valence-electron chi connectivity index (χ1n) is 7.66. The molecule has 1 aromatic heterocycles. The van der Waals surface area contributed by atoms with Gasteiger partial charge < -0.3 is 15.0 Å². The third kappa shape index (κ3) is 2.85. The van der Waals surface area contributed by atoms with Crippen molar-refractivity contribution >= 4 is 28.7 Å². The van der Waals surface area contributed by atoms with Crippen molar-refractivity contribution in [2.24, 2.45) is 0 Å². The Bertz CT molecular complexity index is 677. The van der Waals surface area contributed by atoms with E-state index in [4.69, 9.17) is 0 Å². The molecule has 1 unspecified atom stereocenters. The summed E-state index contributed by atoms with van der Waals surface area (Å²) in [6.45, 7) is 3.44. The predicted octanol–water partition coefficient (Wildman–Crippen LogP) is 1.58. The lowest BCUT2D eigenvalue weighted by Crippen LogP contribution is -2.47. The van der Waals surface area contributed by atoms with Gasteiger partial charge in [-0.1, -0.05) is 12.1 Å². The summed E-state index contributed by atoms with van der Waals surface area (Å²) in [5.41, 5.74) is 0.920. The van der Waals surface area contributed by atoms with Crippen LogP contribution in [0.5, 0.6) is 0 Å². The first-order valence-corrected chi connectivity index (χ1v) is 8.82. The van der Waals surface area contributed by atoms with Crippen LogP contribution in [0.4, 0.5) is 0 Å². The highest BCUT2D eigenvalue weighted by molar-refractivity contribution is 7.99. The number of fused-ring (bicyclic) bond motifs is 1. The molecule has 1 amide bonds. The van der Waals surface area contributed by atoms with E-state index < -0.39 is 5.60 Å². The quantitative estimate of drug-likeness (QED) is 0.878. The fourth-order valence-electron chi connectivity index (χ4n) is 2.85. The van der Waals surface area contributed by atoms with Gasteiger partial charge in [-0.2, -0.15) is 11.8 Å². The number of para-hydroxylation sites is 2. The van der Waals surface area contributed by atoms with Gasteiger partial charge in [0.15, 0.2) is 5.60 Å². The van der Waals surface area contributed by atoms with E-state index in [1.807, 2.05) is 18.2 Å². The first kappa shape index (κ1) is 15.4. The van der Waals surface area contributed by atoms with Gasteiger partial charge in [0.2, 0.25) is 0 Å². The van der Waals surface area contributed by atoms with Gasteiger partial charge in [-0.05, 0) is 31.2 Å². The number of nitrogens with zero attached hydrogens (tertiary/aromatic N) is 2. The minimum absolute atomic E-state index is 0.253. The fraction of sp³-hybridized carbons (Fsp3) is 0.500. The molecular formula is C16H21N3O2S. The van der Waals surface area contributed by atoms with Crippen molar-refractivity contribution in [2.45, 2.75) is 31.9 Å². The number of hydrogen-bond acceptors (Lipinski definition) is 4. The highest BCUT2D eigenvalue weighted by atomic mass is 32.2. The van der Waals surface area contributed by atoms with Gasteiger partial charge in [0, 0.05) is 25.3 Å². The molecule has 0 aliphatic carbocycles. The molecule has 2 heterocycles. The number of thioether (sulfide) groups is 1. The Morgan fingerprint density at radius 1 is 1.50 bits per heavy atom. The largest absolute Gasteiger partial charge is 0.379 e. The summed E-state index contributed by atoms with van der Waals surface area (Å²) in [5.74, 6) is 2.05. The van der Waals surface area contributed by atoms with Crippen LogP contribution in [0.1, 0.15) is 19.2 Å². The molecule has 0 radical (unpaired) electrons. The molecular weight excluding hydrogens is 298 g/mol. The monoisotopic (exact) mass is 319 g/mol. The number of amides is 1. The van der Waals surface area contributed by atoms with Gasteiger partial charge in [0.1, 0.15) is 5.82 Å². The van der Waals surface area contributed by atoms with Crippen molar-refractivity contribution < 1.29 is 9.90 Å². The second-order valence-corrected chi connectivity index (χ2v) is 6.71. The van der Waals surface area contributed by atoms with Crippen molar-refractivity contribution in [3.63, 3.8) is 0 Å². The van der Waals surface area contributed by atoms with E-state index >= 15 is 0 Å². The fourth-order valence-corrected chi connectivity index (χ4v) is 4.09. The van der Waals surface area contributed by atoms with E-state index in [0.717, 1.165) is 29.2 Å². The molecule has 0 bridgehead atoms. The number of carbonyl (C=O) groups excluding carboxylic acids is 1. The third-order valence-corrected chi connectivity index (χ3v) is 5.28. The van der Waals surface area contributed by atoms with E-state index in [1.165, 1.54) is 0 Å². The molecule has 22 heavy (non-hydrogen) atoms. The van der Waals surface area contributed by atoms with E-state index in [2.05, 4.69) is 27.9 Å². The Hall–Kier alpha value is -1.53. The molecule has 1 aliphatic rings. The van der Waals surface area contributed by atoms with Gasteiger partial charge in [0.05, 0.1) is 11.0 Å². The van der Waals surface area contributed by atoms with Crippen LogP contribution in [0.15, 0.2) is 24.3 Å². The predicted molar refractivity (Wildman–Crippen MR) is 89.0 cm³/mol.